The van der Waals surface area contributed by atoms with Crippen LogP contribution in [0.1, 0.15) is 42.9 Å². The van der Waals surface area contributed by atoms with E-state index in [1.807, 2.05) is 12.1 Å². The summed E-state index contributed by atoms with van der Waals surface area (Å²) >= 11 is 0. The van der Waals surface area contributed by atoms with Crippen LogP contribution in [0.3, 0.4) is 0 Å². The number of aromatic hydroxyl groups is 1. The molecular formula is C14H20O2. The monoisotopic (exact) mass is 220 g/mol. The van der Waals surface area contributed by atoms with Gasteiger partial charge in [0.2, 0.25) is 0 Å². The fourth-order valence-corrected chi connectivity index (χ4v) is 2.67. The van der Waals surface area contributed by atoms with E-state index in [2.05, 4.69) is 27.7 Å². The Bertz CT molecular complexity index is 375. The average molecular weight is 220 g/mol. The summed E-state index contributed by atoms with van der Waals surface area (Å²) in [7, 11) is 0. The van der Waals surface area contributed by atoms with Gasteiger partial charge < -0.3 is 9.84 Å². The molecule has 0 amide bonds. The number of epoxide rings is 1. The van der Waals surface area contributed by atoms with Gasteiger partial charge in [-0.3, -0.25) is 0 Å². The van der Waals surface area contributed by atoms with Gasteiger partial charge in [0.05, 0.1) is 12.2 Å². The minimum atomic E-state index is 0.363. The summed E-state index contributed by atoms with van der Waals surface area (Å²) in [5.41, 5.74) is 3.72. The first-order valence-corrected chi connectivity index (χ1v) is 5.94. The SMILES string of the molecule is Cc1cc(O)cc(C)c1C(C)CC1OC1C. The number of rotatable bonds is 3. The number of hydrogen-bond acceptors (Lipinski definition) is 2. The lowest BCUT2D eigenvalue weighted by atomic mass is 9.88. The molecule has 2 heteroatoms. The van der Waals surface area contributed by atoms with Crippen molar-refractivity contribution in [3.05, 3.63) is 28.8 Å². The van der Waals surface area contributed by atoms with Crippen molar-refractivity contribution in [3.8, 4) is 5.75 Å². The van der Waals surface area contributed by atoms with Crippen LogP contribution in [0.15, 0.2) is 12.1 Å². The van der Waals surface area contributed by atoms with E-state index in [9.17, 15) is 5.11 Å². The molecule has 1 saturated heterocycles. The van der Waals surface area contributed by atoms with Crippen molar-refractivity contribution in [2.45, 2.75) is 52.2 Å². The molecule has 3 unspecified atom stereocenters. The second-order valence-corrected chi connectivity index (χ2v) is 5.01. The number of aryl methyl sites for hydroxylation is 2. The molecule has 1 fully saturated rings. The summed E-state index contributed by atoms with van der Waals surface area (Å²) in [4.78, 5) is 0. The number of hydrogen-bond donors (Lipinski definition) is 1. The molecule has 16 heavy (non-hydrogen) atoms. The predicted octanol–water partition coefficient (Wildman–Crippen LogP) is 3.29. The Kier molecular flexibility index (Phi) is 2.94. The Hall–Kier alpha value is -1.02. The van der Waals surface area contributed by atoms with Gasteiger partial charge in [-0.1, -0.05) is 6.92 Å². The van der Waals surface area contributed by atoms with Gasteiger partial charge in [-0.25, -0.2) is 0 Å². The Morgan fingerprint density at radius 3 is 2.25 bits per heavy atom. The van der Waals surface area contributed by atoms with E-state index in [0.717, 1.165) is 6.42 Å². The van der Waals surface area contributed by atoms with E-state index in [1.54, 1.807) is 0 Å². The van der Waals surface area contributed by atoms with Crippen LogP contribution >= 0.6 is 0 Å². The molecule has 2 nitrogen and oxygen atoms in total. The standard InChI is InChI=1S/C14H20O2/c1-8-5-12(15)6-9(2)14(8)10(3)7-13-11(4)16-13/h5-6,10-11,13,15H,7H2,1-4H3. The smallest absolute Gasteiger partial charge is 0.116 e. The first-order valence-electron chi connectivity index (χ1n) is 5.94. The van der Waals surface area contributed by atoms with Crippen molar-refractivity contribution >= 4 is 0 Å². The molecule has 1 heterocycles. The van der Waals surface area contributed by atoms with Gasteiger partial charge in [0.15, 0.2) is 0 Å². The molecule has 1 aliphatic heterocycles. The van der Waals surface area contributed by atoms with E-state index in [-0.39, 0.29) is 0 Å². The molecule has 2 rings (SSSR count). The molecule has 1 aromatic rings. The van der Waals surface area contributed by atoms with Crippen LogP contribution in [-0.4, -0.2) is 17.3 Å². The summed E-state index contributed by atoms with van der Waals surface area (Å²) in [6, 6.07) is 3.69. The molecule has 0 radical (unpaired) electrons. The highest BCUT2D eigenvalue weighted by molar-refractivity contribution is 5.42. The summed E-state index contributed by atoms with van der Waals surface area (Å²) in [6.45, 7) is 8.49. The number of phenols is 1. The van der Waals surface area contributed by atoms with Crippen molar-refractivity contribution in [3.63, 3.8) is 0 Å². The fraction of sp³-hybridized carbons (Fsp3) is 0.571. The normalized spacial score (nSPS) is 25.5. The number of ether oxygens (including phenoxy) is 1. The zero-order valence-corrected chi connectivity index (χ0v) is 10.4. The topological polar surface area (TPSA) is 32.8 Å². The number of phenolic OH excluding ortho intramolecular Hbond substituents is 1. The van der Waals surface area contributed by atoms with E-state index in [1.165, 1.54) is 16.7 Å². The van der Waals surface area contributed by atoms with Gasteiger partial charge in [-0.05, 0) is 61.9 Å². The van der Waals surface area contributed by atoms with Crippen LogP contribution in [0.2, 0.25) is 0 Å². The van der Waals surface area contributed by atoms with Gasteiger partial charge in [0.1, 0.15) is 5.75 Å². The Balaban J connectivity index is 2.18. The van der Waals surface area contributed by atoms with Crippen molar-refractivity contribution in [2.75, 3.05) is 0 Å². The largest absolute Gasteiger partial charge is 0.508 e. The van der Waals surface area contributed by atoms with Crippen LogP contribution < -0.4 is 0 Å². The third kappa shape index (κ3) is 2.22. The summed E-state index contributed by atoms with van der Waals surface area (Å²) < 4.78 is 5.46. The zero-order chi connectivity index (χ0) is 11.9. The second kappa shape index (κ2) is 4.10. The summed E-state index contributed by atoms with van der Waals surface area (Å²) in [5, 5.41) is 9.51. The molecule has 1 aliphatic rings. The molecule has 88 valence electrons. The number of benzene rings is 1. The van der Waals surface area contributed by atoms with Crippen LogP contribution in [0, 0.1) is 13.8 Å². The molecular weight excluding hydrogens is 200 g/mol. The minimum Gasteiger partial charge on any atom is -0.508 e. The van der Waals surface area contributed by atoms with Crippen molar-refractivity contribution in [1.29, 1.82) is 0 Å². The third-order valence-corrected chi connectivity index (χ3v) is 3.49. The van der Waals surface area contributed by atoms with Crippen LogP contribution in [0.25, 0.3) is 0 Å². The highest BCUT2D eigenvalue weighted by Gasteiger charge is 2.35. The van der Waals surface area contributed by atoms with Crippen LogP contribution in [0.5, 0.6) is 5.75 Å². The second-order valence-electron chi connectivity index (χ2n) is 5.01. The lowest BCUT2D eigenvalue weighted by molar-refractivity contribution is 0.362. The highest BCUT2D eigenvalue weighted by Crippen LogP contribution is 2.35. The molecule has 1 N–H and O–H groups in total. The van der Waals surface area contributed by atoms with Gasteiger partial charge in [-0.15, -0.1) is 0 Å². The fourth-order valence-electron chi connectivity index (χ4n) is 2.67. The Labute approximate surface area is 97.3 Å². The minimum absolute atomic E-state index is 0.363. The van der Waals surface area contributed by atoms with Crippen molar-refractivity contribution in [2.24, 2.45) is 0 Å². The molecule has 0 spiro atoms. The maximum absolute atomic E-state index is 9.51. The quantitative estimate of drug-likeness (QED) is 0.793. The van der Waals surface area contributed by atoms with Gasteiger partial charge in [0, 0.05) is 0 Å². The molecule has 0 aliphatic carbocycles. The average Bonchev–Trinajstić information content (AvgIpc) is 2.79. The van der Waals surface area contributed by atoms with Gasteiger partial charge in [-0.2, -0.15) is 0 Å². The van der Waals surface area contributed by atoms with Gasteiger partial charge >= 0.3 is 0 Å². The lowest BCUT2D eigenvalue weighted by Gasteiger charge is -2.17. The Morgan fingerprint density at radius 1 is 1.31 bits per heavy atom. The predicted molar refractivity (Wildman–Crippen MR) is 64.9 cm³/mol. The summed E-state index contributed by atoms with van der Waals surface area (Å²) in [6.07, 6.45) is 1.94. The van der Waals surface area contributed by atoms with Gasteiger partial charge in [0.25, 0.3) is 0 Å². The highest BCUT2D eigenvalue weighted by atomic mass is 16.6. The molecule has 1 aromatic carbocycles. The third-order valence-electron chi connectivity index (χ3n) is 3.49. The maximum Gasteiger partial charge on any atom is 0.116 e. The van der Waals surface area contributed by atoms with E-state index in [0.29, 0.717) is 23.9 Å². The molecule has 0 aromatic heterocycles. The Morgan fingerprint density at radius 2 is 1.81 bits per heavy atom. The summed E-state index contributed by atoms with van der Waals surface area (Å²) in [5.74, 6) is 0.859. The molecule has 3 atom stereocenters. The van der Waals surface area contributed by atoms with Crippen molar-refractivity contribution < 1.29 is 9.84 Å². The van der Waals surface area contributed by atoms with E-state index >= 15 is 0 Å². The van der Waals surface area contributed by atoms with E-state index < -0.39 is 0 Å². The zero-order valence-electron chi connectivity index (χ0n) is 10.4. The van der Waals surface area contributed by atoms with E-state index in [4.69, 9.17) is 4.74 Å². The lowest BCUT2D eigenvalue weighted by Crippen LogP contribution is -2.04. The van der Waals surface area contributed by atoms with Crippen LogP contribution in [0.4, 0.5) is 0 Å². The van der Waals surface area contributed by atoms with Crippen LogP contribution in [-0.2, 0) is 4.74 Å². The first kappa shape index (κ1) is 11.5. The molecule has 0 saturated carbocycles. The maximum atomic E-state index is 9.51. The van der Waals surface area contributed by atoms with Crippen molar-refractivity contribution in [1.82, 2.24) is 0 Å². The first-order chi connectivity index (χ1) is 7.49. The molecule has 0 bridgehead atoms.